The van der Waals surface area contributed by atoms with Crippen LogP contribution in [-0.2, 0) is 12.3 Å². The molecule has 3 aromatic rings. The Morgan fingerprint density at radius 2 is 1.96 bits per heavy atom. The summed E-state index contributed by atoms with van der Waals surface area (Å²) in [6, 6.07) is 15.9. The van der Waals surface area contributed by atoms with Gasteiger partial charge in [-0.05, 0) is 50.1 Å². The lowest BCUT2D eigenvalue weighted by Gasteiger charge is -2.17. The third-order valence-electron chi connectivity index (χ3n) is 4.08. The second-order valence-electron chi connectivity index (χ2n) is 6.03. The molecule has 0 fully saturated rings. The van der Waals surface area contributed by atoms with Gasteiger partial charge in [0, 0.05) is 17.3 Å². The third kappa shape index (κ3) is 4.40. The monoisotopic (exact) mass is 387 g/mol. The lowest BCUT2D eigenvalue weighted by Crippen LogP contribution is -2.12. The summed E-state index contributed by atoms with van der Waals surface area (Å²) in [5.41, 5.74) is 2.27. The zero-order valence-corrected chi connectivity index (χ0v) is 16.7. The Balaban J connectivity index is 1.74. The average molecular weight is 388 g/mol. The minimum Gasteiger partial charge on any atom is -0.482 e. The normalized spacial score (nSPS) is 12.2. The Labute approximate surface area is 163 Å². The fraction of sp³-hybridized carbons (Fsp3) is 0.300. The first-order chi connectivity index (χ1) is 12.6. The molecule has 26 heavy (non-hydrogen) atoms. The molecule has 1 unspecified atom stereocenters. The Hall–Kier alpha value is -1.98. The highest BCUT2D eigenvalue weighted by Gasteiger charge is 2.19. The quantitative estimate of drug-likeness (QED) is 0.488. The summed E-state index contributed by atoms with van der Waals surface area (Å²) < 4.78 is 8.22. The first-order valence-corrected chi connectivity index (χ1v) is 9.97. The van der Waals surface area contributed by atoms with Gasteiger partial charge >= 0.3 is 0 Å². The maximum Gasteiger partial charge on any atom is 0.191 e. The van der Waals surface area contributed by atoms with Crippen molar-refractivity contribution in [2.24, 2.45) is 0 Å². The minimum atomic E-state index is -0.177. The van der Waals surface area contributed by atoms with Crippen molar-refractivity contribution in [2.45, 2.75) is 44.3 Å². The molecule has 0 saturated carbocycles. The number of aryl methyl sites for hydroxylation is 1. The largest absolute Gasteiger partial charge is 0.482 e. The van der Waals surface area contributed by atoms with E-state index in [1.807, 2.05) is 56.3 Å². The van der Waals surface area contributed by atoms with Gasteiger partial charge in [-0.2, -0.15) is 0 Å². The topological polar surface area (TPSA) is 39.9 Å². The van der Waals surface area contributed by atoms with Crippen LogP contribution >= 0.6 is 23.4 Å². The van der Waals surface area contributed by atoms with Crippen LogP contribution in [0.1, 0.15) is 36.9 Å². The summed E-state index contributed by atoms with van der Waals surface area (Å²) in [5, 5.41) is 10.4. The smallest absolute Gasteiger partial charge is 0.191 e. The van der Waals surface area contributed by atoms with Crippen LogP contribution in [0, 0.1) is 6.92 Å². The summed E-state index contributed by atoms with van der Waals surface area (Å²) in [4.78, 5) is 0. The van der Waals surface area contributed by atoms with Crippen LogP contribution in [0.5, 0.6) is 5.75 Å². The van der Waals surface area contributed by atoms with Crippen LogP contribution in [-0.4, -0.2) is 14.8 Å². The zero-order chi connectivity index (χ0) is 18.5. The zero-order valence-electron chi connectivity index (χ0n) is 15.1. The predicted octanol–water partition coefficient (Wildman–Crippen LogP) is 5.69. The molecule has 0 saturated heterocycles. The highest BCUT2D eigenvalue weighted by atomic mass is 35.5. The molecule has 0 bridgehead atoms. The molecule has 0 N–H and O–H groups in total. The third-order valence-corrected chi connectivity index (χ3v) is 5.35. The average Bonchev–Trinajstić information content (AvgIpc) is 3.05. The molecular weight excluding hydrogens is 366 g/mol. The number of benzene rings is 2. The van der Waals surface area contributed by atoms with Gasteiger partial charge in [0.15, 0.2) is 17.1 Å². The number of thioether (sulfide) groups is 1. The molecule has 136 valence electrons. The SMILES string of the molecule is CCn1c(SCc2cccc(Cl)c2)nnc1C(C)Oc1ccccc1C. The van der Waals surface area contributed by atoms with Crippen LogP contribution in [0.3, 0.4) is 0 Å². The number of ether oxygens (including phenoxy) is 1. The standard InChI is InChI=1S/C20H22ClN3OS/c1-4-24-19(15(3)25-18-11-6-5-8-14(18)2)22-23-20(24)26-13-16-9-7-10-17(21)12-16/h5-12,15H,4,13H2,1-3H3. The molecule has 0 aliphatic heterocycles. The van der Waals surface area contributed by atoms with Gasteiger partial charge in [-0.3, -0.25) is 0 Å². The summed E-state index contributed by atoms with van der Waals surface area (Å²) in [7, 11) is 0. The number of nitrogens with zero attached hydrogens (tertiary/aromatic N) is 3. The fourth-order valence-corrected chi connectivity index (χ4v) is 3.88. The predicted molar refractivity (Wildman–Crippen MR) is 107 cm³/mol. The van der Waals surface area contributed by atoms with Gasteiger partial charge < -0.3 is 9.30 Å². The van der Waals surface area contributed by atoms with Crippen molar-refractivity contribution in [1.82, 2.24) is 14.8 Å². The van der Waals surface area contributed by atoms with Crippen molar-refractivity contribution in [1.29, 1.82) is 0 Å². The molecule has 1 atom stereocenters. The first-order valence-electron chi connectivity index (χ1n) is 8.61. The number of hydrogen-bond donors (Lipinski definition) is 0. The maximum absolute atomic E-state index is 6.12. The lowest BCUT2D eigenvalue weighted by atomic mass is 10.2. The van der Waals surface area contributed by atoms with E-state index in [0.717, 1.165) is 39.6 Å². The maximum atomic E-state index is 6.12. The van der Waals surface area contributed by atoms with Crippen LogP contribution in [0.25, 0.3) is 0 Å². The van der Waals surface area contributed by atoms with Gasteiger partial charge in [-0.25, -0.2) is 0 Å². The van der Waals surface area contributed by atoms with Crippen LogP contribution in [0.4, 0.5) is 0 Å². The Bertz CT molecular complexity index is 881. The number of halogens is 1. The molecular formula is C20H22ClN3OS. The van der Waals surface area contributed by atoms with E-state index in [1.54, 1.807) is 11.8 Å². The van der Waals surface area contributed by atoms with Crippen molar-refractivity contribution >= 4 is 23.4 Å². The molecule has 0 aliphatic rings. The van der Waals surface area contributed by atoms with Crippen molar-refractivity contribution in [3.8, 4) is 5.75 Å². The molecule has 0 amide bonds. The number of aromatic nitrogens is 3. The molecule has 3 rings (SSSR count). The minimum absolute atomic E-state index is 0.177. The summed E-state index contributed by atoms with van der Waals surface area (Å²) in [5.74, 6) is 2.51. The second kappa shape index (κ2) is 8.60. The Morgan fingerprint density at radius 1 is 1.15 bits per heavy atom. The lowest BCUT2D eigenvalue weighted by molar-refractivity contribution is 0.208. The summed E-state index contributed by atoms with van der Waals surface area (Å²) >= 11 is 7.72. The number of hydrogen-bond acceptors (Lipinski definition) is 4. The van der Waals surface area contributed by atoms with Crippen LogP contribution in [0.2, 0.25) is 5.02 Å². The molecule has 6 heteroatoms. The molecule has 2 aromatic carbocycles. The van der Waals surface area contributed by atoms with Crippen molar-refractivity contribution in [3.63, 3.8) is 0 Å². The van der Waals surface area contributed by atoms with E-state index in [4.69, 9.17) is 16.3 Å². The van der Waals surface area contributed by atoms with E-state index in [9.17, 15) is 0 Å². The van der Waals surface area contributed by atoms with E-state index < -0.39 is 0 Å². The Morgan fingerprint density at radius 3 is 2.69 bits per heavy atom. The van der Waals surface area contributed by atoms with Crippen LogP contribution < -0.4 is 4.74 Å². The van der Waals surface area contributed by atoms with E-state index in [2.05, 4.69) is 27.8 Å². The van der Waals surface area contributed by atoms with Crippen molar-refractivity contribution in [3.05, 3.63) is 70.5 Å². The van der Waals surface area contributed by atoms with Crippen LogP contribution in [0.15, 0.2) is 53.7 Å². The van der Waals surface area contributed by atoms with Crippen molar-refractivity contribution in [2.75, 3.05) is 0 Å². The molecule has 0 aliphatic carbocycles. The van der Waals surface area contributed by atoms with E-state index >= 15 is 0 Å². The van der Waals surface area contributed by atoms with Gasteiger partial charge in [0.1, 0.15) is 5.75 Å². The summed E-state index contributed by atoms with van der Waals surface area (Å²) in [6.07, 6.45) is -0.177. The first kappa shape index (κ1) is 18.8. The van der Waals surface area contributed by atoms with Gasteiger partial charge in [0.2, 0.25) is 0 Å². The molecule has 0 radical (unpaired) electrons. The van der Waals surface area contributed by atoms with E-state index in [0.29, 0.717) is 0 Å². The van der Waals surface area contributed by atoms with Gasteiger partial charge in [-0.15, -0.1) is 10.2 Å². The van der Waals surface area contributed by atoms with Gasteiger partial charge in [0.25, 0.3) is 0 Å². The van der Waals surface area contributed by atoms with Gasteiger partial charge in [0.05, 0.1) is 0 Å². The fourth-order valence-electron chi connectivity index (χ4n) is 2.71. The van der Waals surface area contributed by atoms with Gasteiger partial charge in [-0.1, -0.05) is 53.7 Å². The highest BCUT2D eigenvalue weighted by molar-refractivity contribution is 7.98. The number of rotatable bonds is 7. The number of para-hydroxylation sites is 1. The molecule has 4 nitrogen and oxygen atoms in total. The van der Waals surface area contributed by atoms with Crippen molar-refractivity contribution < 1.29 is 4.74 Å². The second-order valence-corrected chi connectivity index (χ2v) is 7.41. The molecule has 1 aromatic heterocycles. The molecule has 1 heterocycles. The Kier molecular flexibility index (Phi) is 6.22. The van der Waals surface area contributed by atoms with E-state index in [-0.39, 0.29) is 6.10 Å². The van der Waals surface area contributed by atoms with E-state index in [1.165, 1.54) is 5.56 Å². The summed E-state index contributed by atoms with van der Waals surface area (Å²) in [6.45, 7) is 6.94. The molecule has 0 spiro atoms. The highest BCUT2D eigenvalue weighted by Crippen LogP contribution is 2.28.